The standard InChI is InChI=1S/C24H30N4O2/c1-15-5-4-8-24(15)9-11-28(12-10-24)22-19(14-29)27-21(16(2)26-22)18-7-3-6-17-13-25-23(30)20(17)18/h3,6-7,15,29H,4-5,8-14H2,1-2H3,(H,25,30)/t15-/m1/s1. The van der Waals surface area contributed by atoms with Crippen molar-refractivity contribution in [2.24, 2.45) is 11.3 Å². The van der Waals surface area contributed by atoms with E-state index in [9.17, 15) is 9.90 Å². The summed E-state index contributed by atoms with van der Waals surface area (Å²) in [5.41, 5.74) is 5.05. The molecule has 2 aliphatic heterocycles. The van der Waals surface area contributed by atoms with Crippen LogP contribution in [-0.4, -0.2) is 34.1 Å². The zero-order valence-electron chi connectivity index (χ0n) is 17.9. The molecule has 1 atom stereocenters. The van der Waals surface area contributed by atoms with Crippen LogP contribution in [0.2, 0.25) is 0 Å². The number of aliphatic hydroxyl groups is 1. The van der Waals surface area contributed by atoms with E-state index in [0.717, 1.165) is 41.6 Å². The second kappa shape index (κ2) is 7.34. The summed E-state index contributed by atoms with van der Waals surface area (Å²) >= 11 is 0. The number of fused-ring (bicyclic) bond motifs is 1. The maximum atomic E-state index is 12.4. The molecule has 0 bridgehead atoms. The molecule has 3 heterocycles. The quantitative estimate of drug-likeness (QED) is 0.814. The number of rotatable bonds is 3. The third-order valence-electron chi connectivity index (χ3n) is 7.76. The number of amides is 1. The van der Waals surface area contributed by atoms with E-state index in [2.05, 4.69) is 17.1 Å². The molecule has 1 aromatic heterocycles. The Bertz CT molecular complexity index is 995. The number of anilines is 1. The van der Waals surface area contributed by atoms with Gasteiger partial charge >= 0.3 is 0 Å². The first-order valence-corrected chi connectivity index (χ1v) is 11.2. The first-order chi connectivity index (χ1) is 14.5. The van der Waals surface area contributed by atoms with Crippen molar-refractivity contribution in [1.29, 1.82) is 0 Å². The molecular weight excluding hydrogens is 376 g/mol. The van der Waals surface area contributed by atoms with Crippen LogP contribution in [0.3, 0.4) is 0 Å². The van der Waals surface area contributed by atoms with Crippen molar-refractivity contribution in [3.8, 4) is 11.3 Å². The van der Waals surface area contributed by atoms with Gasteiger partial charge in [0.1, 0.15) is 5.69 Å². The monoisotopic (exact) mass is 406 g/mol. The van der Waals surface area contributed by atoms with Crippen molar-refractivity contribution in [2.45, 2.75) is 59.1 Å². The van der Waals surface area contributed by atoms with E-state index in [1.807, 2.05) is 25.1 Å². The number of carbonyl (C=O) groups is 1. The Kier molecular flexibility index (Phi) is 4.77. The molecule has 158 valence electrons. The molecule has 1 aromatic carbocycles. The summed E-state index contributed by atoms with van der Waals surface area (Å²) in [7, 11) is 0. The van der Waals surface area contributed by atoms with Gasteiger partial charge in [0, 0.05) is 25.2 Å². The van der Waals surface area contributed by atoms with Gasteiger partial charge in [-0.3, -0.25) is 4.79 Å². The number of aromatic nitrogens is 2. The number of hydrogen-bond acceptors (Lipinski definition) is 5. The number of carbonyl (C=O) groups excluding carboxylic acids is 1. The summed E-state index contributed by atoms with van der Waals surface area (Å²) in [6.45, 7) is 6.68. The summed E-state index contributed by atoms with van der Waals surface area (Å²) in [6.07, 6.45) is 6.43. The molecule has 2 aromatic rings. The number of piperidine rings is 1. The Morgan fingerprint density at radius 3 is 2.73 bits per heavy atom. The van der Waals surface area contributed by atoms with Crippen LogP contribution in [0.5, 0.6) is 0 Å². The third kappa shape index (κ3) is 3.00. The Morgan fingerprint density at radius 1 is 1.23 bits per heavy atom. The lowest BCUT2D eigenvalue weighted by atomic mass is 9.71. The highest BCUT2D eigenvalue weighted by atomic mass is 16.3. The smallest absolute Gasteiger partial charge is 0.252 e. The van der Waals surface area contributed by atoms with E-state index in [1.165, 1.54) is 32.1 Å². The second-order valence-corrected chi connectivity index (χ2v) is 9.25. The minimum Gasteiger partial charge on any atom is -0.390 e. The second-order valence-electron chi connectivity index (χ2n) is 9.25. The fraction of sp³-hybridized carbons (Fsp3) is 0.542. The van der Waals surface area contributed by atoms with Gasteiger partial charge in [-0.2, -0.15) is 0 Å². The van der Waals surface area contributed by atoms with Crippen molar-refractivity contribution in [3.63, 3.8) is 0 Å². The van der Waals surface area contributed by atoms with Gasteiger partial charge in [0.15, 0.2) is 5.82 Å². The largest absolute Gasteiger partial charge is 0.390 e. The topological polar surface area (TPSA) is 78.3 Å². The van der Waals surface area contributed by atoms with Crippen molar-refractivity contribution in [1.82, 2.24) is 15.3 Å². The predicted molar refractivity (Wildman–Crippen MR) is 116 cm³/mol. The van der Waals surface area contributed by atoms with Crippen molar-refractivity contribution in [2.75, 3.05) is 18.0 Å². The highest BCUT2D eigenvalue weighted by molar-refractivity contribution is 6.04. The van der Waals surface area contributed by atoms with Crippen molar-refractivity contribution < 1.29 is 9.90 Å². The summed E-state index contributed by atoms with van der Waals surface area (Å²) in [5, 5.41) is 13.0. The molecule has 0 radical (unpaired) electrons. The number of aryl methyl sites for hydroxylation is 1. The lowest BCUT2D eigenvalue weighted by molar-refractivity contribution is 0.0966. The SMILES string of the molecule is Cc1nc(N2CCC3(CCC[C@H]3C)CC2)c(CO)nc1-c1cccc2c1C(=O)NC2. The maximum absolute atomic E-state index is 12.4. The van der Waals surface area contributed by atoms with Crippen LogP contribution in [0, 0.1) is 18.3 Å². The molecule has 1 spiro atoms. The molecule has 2 fully saturated rings. The van der Waals surface area contributed by atoms with Gasteiger partial charge in [-0.1, -0.05) is 38.0 Å². The predicted octanol–water partition coefficient (Wildman–Crippen LogP) is 3.59. The molecular formula is C24H30N4O2. The van der Waals surface area contributed by atoms with Crippen molar-refractivity contribution >= 4 is 11.7 Å². The number of nitrogens with zero attached hydrogens (tertiary/aromatic N) is 3. The molecule has 1 saturated heterocycles. The third-order valence-corrected chi connectivity index (χ3v) is 7.76. The average Bonchev–Trinajstić information content (AvgIpc) is 3.31. The fourth-order valence-corrected chi connectivity index (χ4v) is 5.85. The summed E-state index contributed by atoms with van der Waals surface area (Å²) in [5.74, 6) is 1.54. The molecule has 1 saturated carbocycles. The zero-order valence-corrected chi connectivity index (χ0v) is 17.9. The van der Waals surface area contributed by atoms with Gasteiger partial charge in [0.05, 0.1) is 23.6 Å². The van der Waals surface area contributed by atoms with E-state index in [0.29, 0.717) is 28.9 Å². The van der Waals surface area contributed by atoms with Crippen LogP contribution < -0.4 is 10.2 Å². The minimum atomic E-state index is -0.158. The van der Waals surface area contributed by atoms with Gasteiger partial charge < -0.3 is 15.3 Å². The summed E-state index contributed by atoms with van der Waals surface area (Å²) in [4.78, 5) is 24.4. The van der Waals surface area contributed by atoms with Crippen LogP contribution in [0.1, 0.15) is 66.3 Å². The normalized spacial score (nSPS) is 22.4. The molecule has 0 unspecified atom stereocenters. The molecule has 5 rings (SSSR count). The van der Waals surface area contributed by atoms with E-state index in [4.69, 9.17) is 9.97 Å². The molecule has 1 amide bonds. The van der Waals surface area contributed by atoms with Gasteiger partial charge in [0.25, 0.3) is 5.91 Å². The van der Waals surface area contributed by atoms with Gasteiger partial charge in [-0.15, -0.1) is 0 Å². The molecule has 1 aliphatic carbocycles. The summed E-state index contributed by atoms with van der Waals surface area (Å²) < 4.78 is 0. The molecule has 2 N–H and O–H groups in total. The Balaban J connectivity index is 1.48. The molecule has 6 heteroatoms. The van der Waals surface area contributed by atoms with E-state index >= 15 is 0 Å². The number of nitrogens with one attached hydrogen (secondary N) is 1. The maximum Gasteiger partial charge on any atom is 0.252 e. The van der Waals surface area contributed by atoms with Crippen LogP contribution in [0.15, 0.2) is 18.2 Å². The minimum absolute atomic E-state index is 0.0663. The van der Waals surface area contributed by atoms with Gasteiger partial charge in [0.2, 0.25) is 0 Å². The molecule has 6 nitrogen and oxygen atoms in total. The van der Waals surface area contributed by atoms with Crippen molar-refractivity contribution in [3.05, 3.63) is 40.7 Å². The van der Waals surface area contributed by atoms with Crippen LogP contribution in [-0.2, 0) is 13.2 Å². The van der Waals surface area contributed by atoms with E-state index in [1.54, 1.807) is 0 Å². The van der Waals surface area contributed by atoms with E-state index in [-0.39, 0.29) is 12.5 Å². The van der Waals surface area contributed by atoms with Gasteiger partial charge in [-0.05, 0) is 43.1 Å². The highest BCUT2D eigenvalue weighted by Crippen LogP contribution is 2.50. The van der Waals surface area contributed by atoms with Crippen LogP contribution in [0.25, 0.3) is 11.3 Å². The Hall–Kier alpha value is -2.47. The fourth-order valence-electron chi connectivity index (χ4n) is 5.85. The van der Waals surface area contributed by atoms with E-state index < -0.39 is 0 Å². The number of benzene rings is 1. The highest BCUT2D eigenvalue weighted by Gasteiger charge is 2.42. The zero-order chi connectivity index (χ0) is 20.9. The van der Waals surface area contributed by atoms with Gasteiger partial charge in [-0.25, -0.2) is 9.97 Å². The van der Waals surface area contributed by atoms with Crippen LogP contribution in [0.4, 0.5) is 5.82 Å². The number of aliphatic hydroxyl groups excluding tert-OH is 1. The number of hydrogen-bond donors (Lipinski definition) is 2. The average molecular weight is 407 g/mol. The summed E-state index contributed by atoms with van der Waals surface area (Å²) in [6, 6.07) is 5.84. The van der Waals surface area contributed by atoms with Crippen LogP contribution >= 0.6 is 0 Å². The molecule has 30 heavy (non-hydrogen) atoms. The lowest BCUT2D eigenvalue weighted by Crippen LogP contribution is -2.42. The Labute approximate surface area is 177 Å². The first kappa shape index (κ1) is 19.5. The Morgan fingerprint density at radius 2 is 2.03 bits per heavy atom. The first-order valence-electron chi connectivity index (χ1n) is 11.2. The lowest BCUT2D eigenvalue weighted by Gasteiger charge is -2.43. The molecule has 3 aliphatic rings.